The zero-order valence-electron chi connectivity index (χ0n) is 7.42. The molecule has 0 spiro atoms. The molecule has 0 aliphatic carbocycles. The number of carbonyl (C=O) groups is 2. The van der Waals surface area contributed by atoms with Gasteiger partial charge in [0.2, 0.25) is 0 Å². The van der Waals surface area contributed by atoms with E-state index in [1.54, 1.807) is 20.8 Å². The van der Waals surface area contributed by atoms with E-state index in [2.05, 4.69) is 0 Å². The number of amides is 1. The SMILES string of the molecule is CC(C)(C)C(=O)C(=CO)C(N)=O. The molecule has 68 valence electrons. The Morgan fingerprint density at radius 1 is 1.33 bits per heavy atom. The molecule has 3 N–H and O–H groups in total. The average molecular weight is 171 g/mol. The molecule has 0 aliphatic rings. The maximum absolute atomic E-state index is 11.3. The predicted molar refractivity (Wildman–Crippen MR) is 44.4 cm³/mol. The molecule has 0 aliphatic heterocycles. The normalized spacial score (nSPS) is 12.8. The minimum atomic E-state index is -0.905. The highest BCUT2D eigenvalue weighted by Gasteiger charge is 2.27. The Hall–Kier alpha value is -1.32. The van der Waals surface area contributed by atoms with Crippen molar-refractivity contribution >= 4 is 11.7 Å². The Morgan fingerprint density at radius 2 is 1.75 bits per heavy atom. The van der Waals surface area contributed by atoms with Gasteiger partial charge in [-0.1, -0.05) is 20.8 Å². The van der Waals surface area contributed by atoms with Gasteiger partial charge in [0, 0.05) is 5.41 Å². The number of rotatable bonds is 2. The third-order valence-electron chi connectivity index (χ3n) is 1.32. The van der Waals surface area contributed by atoms with Gasteiger partial charge >= 0.3 is 0 Å². The van der Waals surface area contributed by atoms with Crippen LogP contribution in [0, 0.1) is 5.41 Å². The van der Waals surface area contributed by atoms with E-state index >= 15 is 0 Å². The van der Waals surface area contributed by atoms with E-state index in [0.29, 0.717) is 6.26 Å². The van der Waals surface area contributed by atoms with Crippen LogP contribution in [0.1, 0.15) is 20.8 Å². The Morgan fingerprint density at radius 3 is 1.83 bits per heavy atom. The second-order valence-electron chi connectivity index (χ2n) is 3.49. The van der Waals surface area contributed by atoms with Crippen LogP contribution in [0.4, 0.5) is 0 Å². The fourth-order valence-corrected chi connectivity index (χ4v) is 0.638. The number of carbonyl (C=O) groups excluding carboxylic acids is 2. The lowest BCUT2D eigenvalue weighted by atomic mass is 9.86. The summed E-state index contributed by atoms with van der Waals surface area (Å²) in [5.74, 6) is -1.37. The van der Waals surface area contributed by atoms with Gasteiger partial charge in [-0.25, -0.2) is 0 Å². The van der Waals surface area contributed by atoms with Gasteiger partial charge in [-0.05, 0) is 0 Å². The van der Waals surface area contributed by atoms with Gasteiger partial charge in [0.05, 0.1) is 6.26 Å². The molecular weight excluding hydrogens is 158 g/mol. The van der Waals surface area contributed by atoms with Crippen molar-refractivity contribution in [3.05, 3.63) is 11.8 Å². The molecule has 0 saturated carbocycles. The Balaban J connectivity index is 4.82. The summed E-state index contributed by atoms with van der Waals surface area (Å²) in [6.07, 6.45) is 0.454. The standard InChI is InChI=1S/C8H13NO3/c1-8(2,3)6(11)5(4-10)7(9)12/h4,10H,1-3H3,(H2,9,12). The maximum atomic E-state index is 11.3. The van der Waals surface area contributed by atoms with E-state index in [-0.39, 0.29) is 5.57 Å². The van der Waals surface area contributed by atoms with E-state index < -0.39 is 17.1 Å². The molecule has 0 saturated heterocycles. The highest BCUT2D eigenvalue weighted by molar-refractivity contribution is 6.20. The van der Waals surface area contributed by atoms with Crippen LogP contribution in [0.15, 0.2) is 11.8 Å². The minimum Gasteiger partial charge on any atom is -0.515 e. The van der Waals surface area contributed by atoms with Crippen LogP contribution in [0.3, 0.4) is 0 Å². The topological polar surface area (TPSA) is 80.4 Å². The van der Waals surface area contributed by atoms with Crippen LogP contribution in [0.5, 0.6) is 0 Å². The van der Waals surface area contributed by atoms with Gasteiger partial charge < -0.3 is 10.8 Å². The first kappa shape index (κ1) is 10.7. The van der Waals surface area contributed by atoms with E-state index in [1.807, 2.05) is 0 Å². The molecule has 4 nitrogen and oxygen atoms in total. The molecule has 0 aromatic heterocycles. The fraction of sp³-hybridized carbons (Fsp3) is 0.500. The van der Waals surface area contributed by atoms with Crippen LogP contribution in [0.2, 0.25) is 0 Å². The predicted octanol–water partition coefficient (Wildman–Crippen LogP) is 0.529. The molecule has 12 heavy (non-hydrogen) atoms. The monoisotopic (exact) mass is 171 g/mol. The van der Waals surface area contributed by atoms with Crippen LogP contribution < -0.4 is 5.73 Å². The van der Waals surface area contributed by atoms with Crippen molar-refractivity contribution in [3.8, 4) is 0 Å². The summed E-state index contributed by atoms with van der Waals surface area (Å²) in [5.41, 5.74) is 3.79. The number of ketones is 1. The number of hydrogen-bond donors (Lipinski definition) is 2. The first-order valence-corrected chi connectivity index (χ1v) is 3.49. The van der Waals surface area contributed by atoms with Gasteiger partial charge in [0.1, 0.15) is 5.57 Å². The molecule has 0 fully saturated rings. The zero-order chi connectivity index (χ0) is 9.94. The van der Waals surface area contributed by atoms with Crippen molar-refractivity contribution in [3.63, 3.8) is 0 Å². The summed E-state index contributed by atoms with van der Waals surface area (Å²) in [6, 6.07) is 0. The summed E-state index contributed by atoms with van der Waals surface area (Å²) in [5, 5.41) is 8.55. The molecule has 0 aromatic rings. The van der Waals surface area contributed by atoms with Crippen molar-refractivity contribution in [2.24, 2.45) is 11.1 Å². The van der Waals surface area contributed by atoms with Crippen molar-refractivity contribution < 1.29 is 14.7 Å². The smallest absolute Gasteiger partial charge is 0.255 e. The number of aliphatic hydroxyl groups is 1. The van der Waals surface area contributed by atoms with E-state index in [0.717, 1.165) is 0 Å². The third-order valence-corrected chi connectivity index (χ3v) is 1.32. The van der Waals surface area contributed by atoms with Crippen LogP contribution >= 0.6 is 0 Å². The second-order valence-corrected chi connectivity index (χ2v) is 3.49. The molecule has 0 atom stereocenters. The molecule has 0 heterocycles. The van der Waals surface area contributed by atoms with Gasteiger partial charge in [-0.15, -0.1) is 0 Å². The highest BCUT2D eigenvalue weighted by atomic mass is 16.2. The maximum Gasteiger partial charge on any atom is 0.255 e. The molecule has 4 heteroatoms. The molecular formula is C8H13NO3. The number of hydrogen-bond acceptors (Lipinski definition) is 3. The van der Waals surface area contributed by atoms with Crippen molar-refractivity contribution in [2.75, 3.05) is 0 Å². The number of nitrogens with two attached hydrogens (primary N) is 1. The van der Waals surface area contributed by atoms with Crippen LogP contribution in [-0.4, -0.2) is 16.8 Å². The van der Waals surface area contributed by atoms with Gasteiger partial charge in [0.25, 0.3) is 5.91 Å². The molecule has 0 aromatic carbocycles. The quantitative estimate of drug-likeness (QED) is 0.275. The Labute approximate surface area is 71.1 Å². The van der Waals surface area contributed by atoms with Crippen molar-refractivity contribution in [1.82, 2.24) is 0 Å². The Bertz CT molecular complexity index is 235. The summed E-state index contributed by atoms with van der Waals surface area (Å²) < 4.78 is 0. The third kappa shape index (κ3) is 2.38. The van der Waals surface area contributed by atoms with Crippen LogP contribution in [0.25, 0.3) is 0 Å². The largest absolute Gasteiger partial charge is 0.515 e. The molecule has 0 unspecified atom stereocenters. The number of Topliss-reactive ketones (excluding diaryl/α,β-unsaturated/α-hetero) is 1. The van der Waals surface area contributed by atoms with E-state index in [4.69, 9.17) is 10.8 Å². The van der Waals surface area contributed by atoms with Gasteiger partial charge in [0.15, 0.2) is 5.78 Å². The molecule has 0 bridgehead atoms. The molecule has 0 radical (unpaired) electrons. The number of aliphatic hydroxyl groups excluding tert-OH is 1. The lowest BCUT2D eigenvalue weighted by molar-refractivity contribution is -0.125. The molecule has 1 amide bonds. The van der Waals surface area contributed by atoms with Gasteiger partial charge in [-0.2, -0.15) is 0 Å². The first-order chi connectivity index (χ1) is 5.30. The summed E-state index contributed by atoms with van der Waals surface area (Å²) in [7, 11) is 0. The Kier molecular flexibility index (Phi) is 3.01. The van der Waals surface area contributed by atoms with Crippen LogP contribution in [-0.2, 0) is 9.59 Å². The fourth-order valence-electron chi connectivity index (χ4n) is 0.638. The molecule has 0 rings (SSSR count). The van der Waals surface area contributed by atoms with Gasteiger partial charge in [-0.3, -0.25) is 9.59 Å². The minimum absolute atomic E-state index is 0.359. The van der Waals surface area contributed by atoms with Crippen molar-refractivity contribution in [1.29, 1.82) is 0 Å². The van der Waals surface area contributed by atoms with Crippen molar-refractivity contribution in [2.45, 2.75) is 20.8 Å². The second kappa shape index (κ2) is 3.38. The lowest BCUT2D eigenvalue weighted by Gasteiger charge is -2.16. The zero-order valence-corrected chi connectivity index (χ0v) is 7.42. The number of primary amides is 1. The average Bonchev–Trinajstić information content (AvgIpc) is 1.86. The summed E-state index contributed by atoms with van der Waals surface area (Å²) >= 11 is 0. The highest BCUT2D eigenvalue weighted by Crippen LogP contribution is 2.19. The summed E-state index contributed by atoms with van der Waals surface area (Å²) in [6.45, 7) is 4.92. The first-order valence-electron chi connectivity index (χ1n) is 3.49. The lowest BCUT2D eigenvalue weighted by Crippen LogP contribution is -2.29. The van der Waals surface area contributed by atoms with E-state index in [1.165, 1.54) is 0 Å². The summed E-state index contributed by atoms with van der Waals surface area (Å²) in [4.78, 5) is 21.9. The van der Waals surface area contributed by atoms with E-state index in [9.17, 15) is 9.59 Å².